The molecule has 0 bridgehead atoms. The summed E-state index contributed by atoms with van der Waals surface area (Å²) in [5, 5.41) is 10.0. The van der Waals surface area contributed by atoms with Gasteiger partial charge in [0.05, 0.1) is 36.3 Å². The van der Waals surface area contributed by atoms with Gasteiger partial charge in [0, 0.05) is 97.4 Å². The van der Waals surface area contributed by atoms with Gasteiger partial charge in [-0.2, -0.15) is 0 Å². The number of imide groups is 2. The number of likely N-dealkylation sites (tertiary alicyclic amines) is 2. The highest BCUT2D eigenvalue weighted by Gasteiger charge is 2.48. The molecule has 1 spiro atoms. The number of benzene rings is 2. The van der Waals surface area contributed by atoms with Gasteiger partial charge < -0.3 is 28.9 Å². The van der Waals surface area contributed by atoms with Crippen LogP contribution >= 0.6 is 0 Å². The highest BCUT2D eigenvalue weighted by Crippen LogP contribution is 2.45. The Morgan fingerprint density at radius 3 is 2.24 bits per heavy atom. The molecule has 1 atom stereocenters. The summed E-state index contributed by atoms with van der Waals surface area (Å²) in [4.78, 5) is 85.1. The number of aromatic nitrogens is 2. The molecule has 4 saturated heterocycles. The number of carboxylic acid groups (broad SMARTS) is 1. The SMILES string of the molecule is O=CO.[2H]C([2H])([2H])n1cc(-c2cc(OC)c(CN3CC(CN4CCC5(CC4)CN(c4ccc6c(c4)C(=O)N(C4CCC(=O)NC4=O)C6=O)C5)C3)c(OC)c2)c2cc(C3CC3)ncc2c1=O. The largest absolute Gasteiger partial charge is 0.496 e. The number of aryl methyl sites for hydroxylation is 1. The molecule has 1 aliphatic carbocycles. The molecule has 0 radical (unpaired) electrons. The summed E-state index contributed by atoms with van der Waals surface area (Å²) < 4.78 is 36.9. The van der Waals surface area contributed by atoms with Gasteiger partial charge in [0.1, 0.15) is 17.5 Å². The molecule has 7 heterocycles. The van der Waals surface area contributed by atoms with Crippen LogP contribution < -0.4 is 25.2 Å². The number of nitrogens with zero attached hydrogens (tertiary/aromatic N) is 6. The highest BCUT2D eigenvalue weighted by atomic mass is 16.5. The number of fused-ring (bicyclic) bond motifs is 2. The van der Waals surface area contributed by atoms with Crippen molar-refractivity contribution < 1.29 is 42.7 Å². The fourth-order valence-electron chi connectivity index (χ4n) is 10.0. The summed E-state index contributed by atoms with van der Waals surface area (Å²) in [5.41, 5.74) is 4.21. The van der Waals surface area contributed by atoms with E-state index in [1.165, 1.54) is 12.4 Å². The van der Waals surface area contributed by atoms with Crippen molar-refractivity contribution >= 4 is 46.6 Å². The van der Waals surface area contributed by atoms with E-state index >= 15 is 0 Å². The molecule has 5 fully saturated rings. The first-order valence-corrected chi connectivity index (χ1v) is 21.1. The lowest BCUT2D eigenvalue weighted by molar-refractivity contribution is -0.136. The van der Waals surface area contributed by atoms with Crippen LogP contribution in [0.3, 0.4) is 0 Å². The Balaban J connectivity index is 0.00000173. The summed E-state index contributed by atoms with van der Waals surface area (Å²) >= 11 is 0. The normalized spacial score (nSPS) is 22.2. The number of amides is 4. The van der Waals surface area contributed by atoms with Crippen molar-refractivity contribution in [3.63, 3.8) is 0 Å². The molecule has 324 valence electrons. The maximum absolute atomic E-state index is 13.4. The lowest BCUT2D eigenvalue weighted by Gasteiger charge is -2.55. The number of hydrogen-bond donors (Lipinski definition) is 2. The zero-order valence-corrected chi connectivity index (χ0v) is 34.7. The Morgan fingerprint density at radius 1 is 0.903 bits per heavy atom. The van der Waals surface area contributed by atoms with Crippen LogP contribution in [-0.2, 0) is 27.9 Å². The molecular weight excluding hydrogens is 795 g/mol. The number of piperidine rings is 2. The van der Waals surface area contributed by atoms with Crippen LogP contribution in [0.25, 0.3) is 21.9 Å². The van der Waals surface area contributed by atoms with Gasteiger partial charge >= 0.3 is 0 Å². The summed E-state index contributed by atoms with van der Waals surface area (Å²) in [5.74, 6) is 0.156. The first kappa shape index (κ1) is 37.6. The number of anilines is 1. The predicted molar refractivity (Wildman–Crippen MR) is 228 cm³/mol. The van der Waals surface area contributed by atoms with Crippen molar-refractivity contribution in [1.29, 1.82) is 0 Å². The van der Waals surface area contributed by atoms with Crippen LogP contribution in [0, 0.1) is 11.3 Å². The van der Waals surface area contributed by atoms with E-state index in [9.17, 15) is 24.0 Å². The molecule has 5 aliphatic heterocycles. The Labute approximate surface area is 362 Å². The molecule has 1 unspecified atom stereocenters. The van der Waals surface area contributed by atoms with E-state index in [2.05, 4.69) is 25.0 Å². The quantitative estimate of drug-likeness (QED) is 0.175. The number of ether oxygens (including phenoxy) is 2. The van der Waals surface area contributed by atoms with E-state index in [0.717, 1.165) is 97.9 Å². The highest BCUT2D eigenvalue weighted by molar-refractivity contribution is 6.23. The minimum atomic E-state index is -2.67. The van der Waals surface area contributed by atoms with Crippen LogP contribution in [0.1, 0.15) is 80.5 Å². The van der Waals surface area contributed by atoms with Crippen LogP contribution in [0.4, 0.5) is 5.69 Å². The molecule has 4 amide bonds. The lowest BCUT2D eigenvalue weighted by atomic mass is 9.71. The van der Waals surface area contributed by atoms with Crippen LogP contribution in [0.2, 0.25) is 0 Å². The number of methoxy groups -OCH3 is 2. The molecule has 4 aromatic rings. The number of carbonyl (C=O) groups is 5. The zero-order valence-electron chi connectivity index (χ0n) is 37.7. The molecule has 62 heavy (non-hydrogen) atoms. The van der Waals surface area contributed by atoms with Crippen molar-refractivity contribution in [1.82, 2.24) is 29.6 Å². The number of rotatable bonds is 10. The molecule has 2 N–H and O–H groups in total. The van der Waals surface area contributed by atoms with Crippen LogP contribution in [0.5, 0.6) is 11.5 Å². The van der Waals surface area contributed by atoms with E-state index in [1.54, 1.807) is 26.4 Å². The second kappa shape index (κ2) is 16.3. The summed E-state index contributed by atoms with van der Waals surface area (Å²) in [7, 11) is 3.24. The number of nitrogens with one attached hydrogen (secondary N) is 1. The van der Waals surface area contributed by atoms with Crippen molar-refractivity contribution in [3.8, 4) is 22.6 Å². The zero-order chi connectivity index (χ0) is 45.9. The molecular formula is C46H51N7O9. The molecule has 2 aromatic heterocycles. The Hall–Kier alpha value is -6.13. The van der Waals surface area contributed by atoms with Crippen molar-refractivity contribution in [2.24, 2.45) is 18.3 Å². The van der Waals surface area contributed by atoms with Gasteiger partial charge in [0.25, 0.3) is 23.8 Å². The van der Waals surface area contributed by atoms with Crippen LogP contribution in [-0.4, -0.2) is 126 Å². The Bertz CT molecular complexity index is 2640. The van der Waals surface area contributed by atoms with E-state index in [-0.39, 0.29) is 30.1 Å². The van der Waals surface area contributed by atoms with Gasteiger partial charge in [-0.15, -0.1) is 0 Å². The molecule has 16 heteroatoms. The maximum atomic E-state index is 13.4. The number of hydrogen-bond acceptors (Lipinski definition) is 12. The molecule has 6 aliphatic rings. The number of pyridine rings is 2. The summed E-state index contributed by atoms with van der Waals surface area (Å²) in [6.45, 7) is 4.43. The van der Waals surface area contributed by atoms with Gasteiger partial charge in [-0.1, -0.05) is 0 Å². The second-order valence-electron chi connectivity index (χ2n) is 17.5. The Morgan fingerprint density at radius 2 is 1.60 bits per heavy atom. The number of carbonyl (C=O) groups excluding carboxylic acids is 4. The molecule has 16 nitrogen and oxygen atoms in total. The first-order chi connectivity index (χ1) is 31.1. The standard InChI is InChI=1S/C45H49N7O7.CH2O2/c1-48-22-34(31-17-36(27-4-5-27)46-18-33(31)42(48)55)28-14-38(58-2)35(39(15-28)59-3)23-50-20-26(21-50)19-49-12-10-45(11-13-49)24-51(25-45)29-6-7-30-32(16-29)44(57)52(43(30)56)37-8-9-40(53)47-41(37)54;2-1-3/h6-7,14-18,22,26-27,37H,4-5,8-13,19-21,23-25H2,1-3H3,(H,47,53,54);1H,(H,2,3)/i1D3;. The minimum absolute atomic E-state index is 0.0867. The smallest absolute Gasteiger partial charge is 0.290 e. The predicted octanol–water partition coefficient (Wildman–Crippen LogP) is 3.63. The summed E-state index contributed by atoms with van der Waals surface area (Å²) in [6.07, 6.45) is 7.41. The monoisotopic (exact) mass is 848 g/mol. The first-order valence-electron chi connectivity index (χ1n) is 22.6. The minimum Gasteiger partial charge on any atom is -0.496 e. The average Bonchev–Trinajstić information content (AvgIpc) is 4.08. The average molecular weight is 849 g/mol. The van der Waals surface area contributed by atoms with Gasteiger partial charge in [0.15, 0.2) is 0 Å². The van der Waals surface area contributed by atoms with Gasteiger partial charge in [-0.05, 0) is 98.5 Å². The topological polar surface area (TPSA) is 184 Å². The van der Waals surface area contributed by atoms with Gasteiger partial charge in [-0.3, -0.25) is 48.9 Å². The van der Waals surface area contributed by atoms with E-state index < -0.39 is 42.2 Å². The third-order valence-electron chi connectivity index (χ3n) is 13.5. The summed E-state index contributed by atoms with van der Waals surface area (Å²) in [6, 6.07) is 10.1. The molecule has 10 rings (SSSR count). The third-order valence-corrected chi connectivity index (χ3v) is 13.5. The van der Waals surface area contributed by atoms with E-state index in [1.807, 2.05) is 24.3 Å². The van der Waals surface area contributed by atoms with E-state index in [4.69, 9.17) is 23.5 Å². The Kier molecular flexibility index (Phi) is 9.88. The third kappa shape index (κ3) is 7.48. The van der Waals surface area contributed by atoms with Crippen LogP contribution in [0.15, 0.2) is 53.6 Å². The fraction of sp³-hybridized carbons (Fsp3) is 0.457. The van der Waals surface area contributed by atoms with Crippen molar-refractivity contribution in [3.05, 3.63) is 81.5 Å². The van der Waals surface area contributed by atoms with Crippen molar-refractivity contribution in [2.45, 2.75) is 57.0 Å². The second-order valence-corrected chi connectivity index (χ2v) is 17.5. The fourth-order valence-corrected chi connectivity index (χ4v) is 10.0. The van der Waals surface area contributed by atoms with Crippen molar-refractivity contribution in [2.75, 3.05) is 64.9 Å². The maximum Gasteiger partial charge on any atom is 0.290 e. The lowest BCUT2D eigenvalue weighted by Crippen LogP contribution is -2.61. The molecule has 1 saturated carbocycles. The molecule has 2 aromatic carbocycles. The van der Waals surface area contributed by atoms with E-state index in [0.29, 0.717) is 57.5 Å². The van der Waals surface area contributed by atoms with Gasteiger partial charge in [0.2, 0.25) is 11.8 Å². The van der Waals surface area contributed by atoms with Gasteiger partial charge in [-0.25, -0.2) is 0 Å².